The van der Waals surface area contributed by atoms with Gasteiger partial charge in [0.1, 0.15) is 5.75 Å². The van der Waals surface area contributed by atoms with Gasteiger partial charge in [0.05, 0.1) is 11.6 Å². The van der Waals surface area contributed by atoms with Crippen LogP contribution in [-0.2, 0) is 10.2 Å². The quantitative estimate of drug-likeness (QED) is 0.882. The molecule has 0 aliphatic carbocycles. The van der Waals surface area contributed by atoms with Crippen LogP contribution >= 0.6 is 0 Å². The Balaban J connectivity index is 1.71. The molecule has 0 amide bonds. The average molecular weight is 353 g/mol. The maximum atomic E-state index is 12.7. The minimum absolute atomic E-state index is 0.0590. The zero-order valence-corrected chi connectivity index (χ0v) is 15.2. The predicted molar refractivity (Wildman–Crippen MR) is 98.7 cm³/mol. The van der Waals surface area contributed by atoms with Crippen molar-refractivity contribution in [3.63, 3.8) is 0 Å². The second-order valence-electron chi connectivity index (χ2n) is 7.56. The number of carboxylic acid groups (broad SMARTS) is 1. The van der Waals surface area contributed by atoms with E-state index in [1.165, 1.54) is 17.7 Å². The molecule has 2 N–H and O–H groups in total. The summed E-state index contributed by atoms with van der Waals surface area (Å²) in [7, 11) is 0. The lowest BCUT2D eigenvalue weighted by Gasteiger charge is -2.19. The number of ketones is 1. The second kappa shape index (κ2) is 6.92. The lowest BCUT2D eigenvalue weighted by molar-refractivity contribution is -0.124. The van der Waals surface area contributed by atoms with Crippen molar-refractivity contribution >= 4 is 11.8 Å². The van der Waals surface area contributed by atoms with E-state index in [1.54, 1.807) is 12.1 Å². The first-order valence-corrected chi connectivity index (χ1v) is 8.63. The Morgan fingerprint density at radius 3 is 2.46 bits per heavy atom. The zero-order chi connectivity index (χ0) is 18.9. The van der Waals surface area contributed by atoms with Gasteiger partial charge < -0.3 is 9.84 Å². The Bertz CT molecular complexity index is 821. The van der Waals surface area contributed by atoms with Gasteiger partial charge >= 0.3 is 5.97 Å². The lowest BCUT2D eigenvalue weighted by atomic mass is 9.87. The molecule has 5 heteroatoms. The third kappa shape index (κ3) is 3.78. The van der Waals surface area contributed by atoms with Crippen molar-refractivity contribution in [1.82, 2.24) is 5.32 Å². The molecule has 1 fully saturated rings. The van der Waals surface area contributed by atoms with Crippen LogP contribution in [0.25, 0.3) is 0 Å². The molecule has 26 heavy (non-hydrogen) atoms. The molecule has 3 rings (SSSR count). The van der Waals surface area contributed by atoms with E-state index in [1.807, 2.05) is 24.3 Å². The van der Waals surface area contributed by atoms with Gasteiger partial charge in [-0.05, 0) is 40.8 Å². The molecular weight excluding hydrogens is 330 g/mol. The van der Waals surface area contributed by atoms with Crippen molar-refractivity contribution in [2.24, 2.45) is 0 Å². The van der Waals surface area contributed by atoms with Crippen molar-refractivity contribution in [2.45, 2.75) is 38.3 Å². The largest absolute Gasteiger partial charge is 0.481 e. The van der Waals surface area contributed by atoms with Gasteiger partial charge in [-0.25, -0.2) is 4.79 Å². The molecule has 1 aliphatic rings. The van der Waals surface area contributed by atoms with E-state index in [9.17, 15) is 9.59 Å². The normalized spacial score (nSPS) is 20.2. The number of carbonyl (C=O) groups is 2. The summed E-state index contributed by atoms with van der Waals surface area (Å²) < 4.78 is 5.86. The average Bonchev–Trinajstić information content (AvgIpc) is 2.95. The highest BCUT2D eigenvalue weighted by atomic mass is 16.5. The number of carbonyl (C=O) groups excluding carboxylic acids is 1. The van der Waals surface area contributed by atoms with Gasteiger partial charge in [-0.2, -0.15) is 0 Å². The first-order valence-electron chi connectivity index (χ1n) is 8.63. The summed E-state index contributed by atoms with van der Waals surface area (Å²) in [4.78, 5) is 23.8. The molecule has 0 aromatic heterocycles. The van der Waals surface area contributed by atoms with E-state index in [2.05, 4.69) is 26.1 Å². The third-order valence-electron chi connectivity index (χ3n) is 4.57. The van der Waals surface area contributed by atoms with Gasteiger partial charge in [-0.15, -0.1) is 0 Å². The molecule has 2 aromatic rings. The Hall–Kier alpha value is -2.66. The van der Waals surface area contributed by atoms with Crippen LogP contribution in [0.15, 0.2) is 48.5 Å². The summed E-state index contributed by atoms with van der Waals surface area (Å²) >= 11 is 0. The van der Waals surface area contributed by atoms with Crippen molar-refractivity contribution < 1.29 is 19.4 Å². The number of rotatable bonds is 4. The van der Waals surface area contributed by atoms with E-state index < -0.39 is 18.1 Å². The minimum atomic E-state index is -1.01. The lowest BCUT2D eigenvalue weighted by Crippen LogP contribution is -2.26. The van der Waals surface area contributed by atoms with E-state index >= 15 is 0 Å². The molecule has 0 saturated carbocycles. The van der Waals surface area contributed by atoms with Crippen LogP contribution in [0.1, 0.15) is 48.3 Å². The standard InChI is InChI=1S/C21H23NO4/c1-21(2,3)15-7-9-16(10-8-15)26-17-12-22-18(19(17)23)13-5-4-6-14(11-13)20(24)25/h4-11,17-18,22H,12H2,1-3H3,(H,24,25). The molecule has 1 heterocycles. The van der Waals surface area contributed by atoms with Gasteiger partial charge in [0.15, 0.2) is 11.9 Å². The summed E-state index contributed by atoms with van der Waals surface area (Å²) in [6.45, 7) is 6.82. The number of hydrogen-bond acceptors (Lipinski definition) is 4. The summed E-state index contributed by atoms with van der Waals surface area (Å²) in [5.41, 5.74) is 2.07. The molecule has 136 valence electrons. The maximum absolute atomic E-state index is 12.7. The Morgan fingerprint density at radius 2 is 1.85 bits per heavy atom. The number of nitrogens with one attached hydrogen (secondary N) is 1. The first-order chi connectivity index (χ1) is 12.3. The molecule has 5 nitrogen and oxygen atoms in total. The molecule has 0 bridgehead atoms. The first kappa shape index (κ1) is 18.1. The van der Waals surface area contributed by atoms with Crippen molar-refractivity contribution in [1.29, 1.82) is 0 Å². The SMILES string of the molecule is CC(C)(C)c1ccc(OC2CNC(c3cccc(C(=O)O)c3)C2=O)cc1. The van der Waals surface area contributed by atoms with Gasteiger partial charge in [-0.1, -0.05) is 45.0 Å². The maximum Gasteiger partial charge on any atom is 0.335 e. The van der Waals surface area contributed by atoms with Crippen molar-refractivity contribution in [3.05, 3.63) is 65.2 Å². The Labute approximate surface area is 153 Å². The Morgan fingerprint density at radius 1 is 1.15 bits per heavy atom. The summed E-state index contributed by atoms with van der Waals surface area (Å²) in [5.74, 6) is -0.449. The van der Waals surface area contributed by atoms with Crippen LogP contribution in [0.4, 0.5) is 0 Å². The van der Waals surface area contributed by atoms with Crippen LogP contribution in [0, 0.1) is 0 Å². The minimum Gasteiger partial charge on any atom is -0.481 e. The molecule has 1 saturated heterocycles. The van der Waals surface area contributed by atoms with Crippen LogP contribution in [0.2, 0.25) is 0 Å². The number of ether oxygens (including phenoxy) is 1. The third-order valence-corrected chi connectivity index (χ3v) is 4.57. The molecule has 2 atom stereocenters. The monoisotopic (exact) mass is 353 g/mol. The number of carboxylic acids is 1. The van der Waals surface area contributed by atoms with Gasteiger partial charge in [0, 0.05) is 6.54 Å². The zero-order valence-electron chi connectivity index (χ0n) is 15.2. The summed E-state index contributed by atoms with van der Waals surface area (Å²) in [6, 6.07) is 13.7. The highest BCUT2D eigenvalue weighted by molar-refractivity contribution is 5.93. The van der Waals surface area contributed by atoms with Crippen LogP contribution in [0.3, 0.4) is 0 Å². The van der Waals surface area contributed by atoms with E-state index in [0.717, 1.165) is 0 Å². The molecule has 1 aliphatic heterocycles. The van der Waals surface area contributed by atoms with Crippen LogP contribution in [-0.4, -0.2) is 29.5 Å². The highest BCUT2D eigenvalue weighted by Gasteiger charge is 2.36. The highest BCUT2D eigenvalue weighted by Crippen LogP contribution is 2.27. The van der Waals surface area contributed by atoms with E-state index in [0.29, 0.717) is 17.9 Å². The summed E-state index contributed by atoms with van der Waals surface area (Å²) in [6.07, 6.45) is -0.589. The number of Topliss-reactive ketones (excluding diaryl/α,β-unsaturated/α-hetero) is 1. The van der Waals surface area contributed by atoms with Gasteiger partial charge in [-0.3, -0.25) is 10.1 Å². The van der Waals surface area contributed by atoms with Crippen LogP contribution in [0.5, 0.6) is 5.75 Å². The fourth-order valence-electron chi connectivity index (χ4n) is 3.04. The molecule has 2 unspecified atom stereocenters. The smallest absolute Gasteiger partial charge is 0.335 e. The molecular formula is C21H23NO4. The Kier molecular flexibility index (Phi) is 4.83. The van der Waals surface area contributed by atoms with E-state index in [4.69, 9.17) is 9.84 Å². The van der Waals surface area contributed by atoms with Gasteiger partial charge in [0.2, 0.25) is 0 Å². The summed E-state index contributed by atoms with van der Waals surface area (Å²) in [5, 5.41) is 12.2. The van der Waals surface area contributed by atoms with Crippen molar-refractivity contribution in [3.8, 4) is 5.75 Å². The number of aromatic carboxylic acids is 1. The fraction of sp³-hybridized carbons (Fsp3) is 0.333. The van der Waals surface area contributed by atoms with Crippen molar-refractivity contribution in [2.75, 3.05) is 6.54 Å². The molecule has 2 aromatic carbocycles. The number of hydrogen-bond donors (Lipinski definition) is 2. The fourth-order valence-corrected chi connectivity index (χ4v) is 3.04. The predicted octanol–water partition coefficient (Wildman–Crippen LogP) is 3.34. The van der Waals surface area contributed by atoms with Gasteiger partial charge in [0.25, 0.3) is 0 Å². The topological polar surface area (TPSA) is 75.6 Å². The molecule has 0 spiro atoms. The molecule has 0 radical (unpaired) electrons. The number of benzene rings is 2. The van der Waals surface area contributed by atoms with E-state index in [-0.39, 0.29) is 16.8 Å². The van der Waals surface area contributed by atoms with Crippen LogP contribution < -0.4 is 10.1 Å². The second-order valence-corrected chi connectivity index (χ2v) is 7.56.